The van der Waals surface area contributed by atoms with Crippen molar-refractivity contribution in [1.82, 2.24) is 10.0 Å². The second-order valence-corrected chi connectivity index (χ2v) is 7.29. The van der Waals surface area contributed by atoms with Gasteiger partial charge in [0.1, 0.15) is 4.90 Å². The Hall–Kier alpha value is -0.210. The number of piperidine rings is 1. The lowest BCUT2D eigenvalue weighted by molar-refractivity contribution is 0.327. The van der Waals surface area contributed by atoms with Crippen molar-refractivity contribution in [2.45, 2.75) is 24.3 Å². The molecule has 8 heteroatoms. The van der Waals surface area contributed by atoms with E-state index in [0.29, 0.717) is 6.54 Å². The van der Waals surface area contributed by atoms with Crippen molar-refractivity contribution in [1.29, 1.82) is 0 Å². The Morgan fingerprint density at radius 2 is 2.15 bits per heavy atom. The van der Waals surface area contributed by atoms with Crippen molar-refractivity contribution >= 4 is 38.4 Å². The lowest BCUT2D eigenvalue weighted by Gasteiger charge is -2.30. The van der Waals surface area contributed by atoms with Crippen LogP contribution in [0.15, 0.2) is 27.6 Å². The van der Waals surface area contributed by atoms with E-state index in [-0.39, 0.29) is 33.7 Å². The van der Waals surface area contributed by atoms with Gasteiger partial charge in [-0.1, -0.05) is 13.0 Å². The standard InChI is InChI=1S/C12H16BrFN2O2S.ClH/c1-8-5-6-15-7-10(8)16-19(17,18)11-4-2-3-9(13)12(11)14;/h2-4,8,10,15-16H,5-7H2,1H3;1H. The third-order valence-electron chi connectivity index (χ3n) is 3.34. The predicted octanol–water partition coefficient (Wildman–Crippen LogP) is 2.29. The molecular formula is C12H17BrClFN2O2S. The van der Waals surface area contributed by atoms with Crippen LogP contribution in [-0.4, -0.2) is 27.5 Å². The quantitative estimate of drug-likeness (QED) is 0.836. The Bertz CT molecular complexity index is 571. The lowest BCUT2D eigenvalue weighted by Crippen LogP contribution is -2.50. The average molecular weight is 388 g/mol. The Morgan fingerprint density at radius 3 is 2.80 bits per heavy atom. The van der Waals surface area contributed by atoms with Crippen LogP contribution < -0.4 is 10.0 Å². The number of hydrogen-bond acceptors (Lipinski definition) is 3. The van der Waals surface area contributed by atoms with Crippen LogP contribution >= 0.6 is 28.3 Å². The van der Waals surface area contributed by atoms with Crippen LogP contribution in [0.4, 0.5) is 4.39 Å². The maximum Gasteiger partial charge on any atom is 0.243 e. The molecule has 114 valence electrons. The topological polar surface area (TPSA) is 58.2 Å². The number of hydrogen-bond donors (Lipinski definition) is 2. The highest BCUT2D eigenvalue weighted by Crippen LogP contribution is 2.23. The number of sulfonamides is 1. The lowest BCUT2D eigenvalue weighted by atomic mass is 9.96. The van der Waals surface area contributed by atoms with Gasteiger partial charge in [-0.15, -0.1) is 12.4 Å². The minimum atomic E-state index is -3.84. The molecule has 1 fully saturated rings. The summed E-state index contributed by atoms with van der Waals surface area (Å²) in [5.41, 5.74) is 0. The summed E-state index contributed by atoms with van der Waals surface area (Å²) in [4.78, 5) is -0.320. The van der Waals surface area contributed by atoms with Crippen molar-refractivity contribution in [3.05, 3.63) is 28.5 Å². The van der Waals surface area contributed by atoms with Gasteiger partial charge in [0.15, 0.2) is 5.82 Å². The van der Waals surface area contributed by atoms with Gasteiger partial charge in [0, 0.05) is 12.6 Å². The fourth-order valence-corrected chi connectivity index (χ4v) is 4.04. The van der Waals surface area contributed by atoms with Crippen molar-refractivity contribution in [3.63, 3.8) is 0 Å². The number of halogens is 3. The molecule has 1 aliphatic rings. The summed E-state index contributed by atoms with van der Waals surface area (Å²) in [6, 6.07) is 4.03. The Labute approximate surface area is 133 Å². The van der Waals surface area contributed by atoms with Crippen LogP contribution in [0.25, 0.3) is 0 Å². The van der Waals surface area contributed by atoms with Crippen LogP contribution in [0, 0.1) is 11.7 Å². The molecule has 2 atom stereocenters. The molecule has 0 aliphatic carbocycles. The molecule has 2 rings (SSSR count). The summed E-state index contributed by atoms with van der Waals surface area (Å²) in [6.07, 6.45) is 0.897. The Kier molecular flexibility index (Phi) is 6.40. The molecule has 0 saturated carbocycles. The monoisotopic (exact) mass is 386 g/mol. The molecule has 0 spiro atoms. The summed E-state index contributed by atoms with van der Waals surface area (Å²) >= 11 is 3.00. The van der Waals surface area contributed by atoms with E-state index in [0.717, 1.165) is 13.0 Å². The first-order valence-electron chi connectivity index (χ1n) is 6.09. The van der Waals surface area contributed by atoms with Gasteiger partial charge in [0.25, 0.3) is 0 Å². The molecular weight excluding hydrogens is 371 g/mol. The van der Waals surface area contributed by atoms with Gasteiger partial charge in [0.2, 0.25) is 10.0 Å². The molecule has 0 radical (unpaired) electrons. The molecule has 0 amide bonds. The summed E-state index contributed by atoms with van der Waals surface area (Å²) in [5, 5.41) is 3.14. The first-order chi connectivity index (χ1) is 8.92. The van der Waals surface area contributed by atoms with E-state index in [9.17, 15) is 12.8 Å². The van der Waals surface area contributed by atoms with Crippen molar-refractivity contribution in [2.75, 3.05) is 13.1 Å². The van der Waals surface area contributed by atoms with Crippen LogP contribution in [0.5, 0.6) is 0 Å². The fourth-order valence-electron chi connectivity index (χ4n) is 2.10. The zero-order valence-electron chi connectivity index (χ0n) is 10.9. The highest BCUT2D eigenvalue weighted by Gasteiger charge is 2.28. The Morgan fingerprint density at radius 1 is 1.45 bits per heavy atom. The fraction of sp³-hybridized carbons (Fsp3) is 0.500. The van der Waals surface area contributed by atoms with E-state index in [1.165, 1.54) is 18.2 Å². The summed E-state index contributed by atoms with van der Waals surface area (Å²) in [5.74, 6) is -0.530. The third-order valence-corrected chi connectivity index (χ3v) is 5.46. The molecule has 0 aromatic heterocycles. The second kappa shape index (κ2) is 7.17. The number of benzene rings is 1. The molecule has 1 saturated heterocycles. The van der Waals surface area contributed by atoms with Gasteiger partial charge in [-0.05, 0) is 46.9 Å². The van der Waals surface area contributed by atoms with E-state index >= 15 is 0 Å². The molecule has 20 heavy (non-hydrogen) atoms. The summed E-state index contributed by atoms with van der Waals surface area (Å²) < 4.78 is 41.0. The van der Waals surface area contributed by atoms with Crippen molar-refractivity contribution in [3.8, 4) is 0 Å². The maximum atomic E-state index is 13.9. The van der Waals surface area contributed by atoms with Gasteiger partial charge in [0.05, 0.1) is 4.47 Å². The molecule has 1 heterocycles. The Balaban J connectivity index is 0.00000200. The molecule has 2 unspecified atom stereocenters. The van der Waals surface area contributed by atoms with Gasteiger partial charge in [-0.3, -0.25) is 0 Å². The van der Waals surface area contributed by atoms with Crippen molar-refractivity contribution in [2.24, 2.45) is 5.92 Å². The second-order valence-electron chi connectivity index (χ2n) is 4.75. The van der Waals surface area contributed by atoms with Gasteiger partial charge < -0.3 is 5.32 Å². The smallest absolute Gasteiger partial charge is 0.243 e. The average Bonchev–Trinajstić information content (AvgIpc) is 2.35. The molecule has 4 nitrogen and oxygen atoms in total. The molecule has 0 bridgehead atoms. The van der Waals surface area contributed by atoms with E-state index in [1.54, 1.807) is 0 Å². The van der Waals surface area contributed by atoms with Crippen LogP contribution in [0.3, 0.4) is 0 Å². The minimum absolute atomic E-state index is 0. The van der Waals surface area contributed by atoms with Crippen LogP contribution in [0.1, 0.15) is 13.3 Å². The van der Waals surface area contributed by atoms with Crippen molar-refractivity contribution < 1.29 is 12.8 Å². The van der Waals surface area contributed by atoms with Gasteiger partial charge in [-0.25, -0.2) is 17.5 Å². The molecule has 1 aliphatic heterocycles. The van der Waals surface area contributed by atoms with E-state index < -0.39 is 15.8 Å². The van der Waals surface area contributed by atoms with Crippen LogP contribution in [0.2, 0.25) is 0 Å². The van der Waals surface area contributed by atoms with Crippen LogP contribution in [-0.2, 0) is 10.0 Å². The first-order valence-corrected chi connectivity index (χ1v) is 8.36. The van der Waals surface area contributed by atoms with Gasteiger partial charge in [-0.2, -0.15) is 0 Å². The zero-order valence-corrected chi connectivity index (χ0v) is 14.1. The zero-order chi connectivity index (χ0) is 14.0. The molecule has 2 N–H and O–H groups in total. The highest BCUT2D eigenvalue weighted by atomic mass is 79.9. The summed E-state index contributed by atoms with van der Waals surface area (Å²) in [7, 11) is -3.84. The number of nitrogens with one attached hydrogen (secondary N) is 2. The highest BCUT2D eigenvalue weighted by molar-refractivity contribution is 9.10. The largest absolute Gasteiger partial charge is 0.315 e. The predicted molar refractivity (Wildman–Crippen MR) is 82.1 cm³/mol. The van der Waals surface area contributed by atoms with E-state index in [4.69, 9.17) is 0 Å². The maximum absolute atomic E-state index is 13.9. The van der Waals surface area contributed by atoms with E-state index in [2.05, 4.69) is 26.0 Å². The molecule has 1 aromatic carbocycles. The summed E-state index contributed by atoms with van der Waals surface area (Å²) in [6.45, 7) is 3.44. The number of rotatable bonds is 3. The minimum Gasteiger partial charge on any atom is -0.315 e. The first kappa shape index (κ1) is 17.8. The third kappa shape index (κ3) is 3.92. The van der Waals surface area contributed by atoms with E-state index in [1.807, 2.05) is 6.92 Å². The van der Waals surface area contributed by atoms with Gasteiger partial charge >= 0.3 is 0 Å². The SMILES string of the molecule is CC1CCNCC1NS(=O)(=O)c1cccc(Br)c1F.Cl. The normalized spacial score (nSPS) is 23.1. The molecule has 1 aromatic rings.